The number of benzene rings is 1. The van der Waals surface area contributed by atoms with Crippen LogP contribution in [-0.2, 0) is 11.3 Å². The van der Waals surface area contributed by atoms with Crippen LogP contribution in [0.2, 0.25) is 0 Å². The molecule has 1 atom stereocenters. The molecule has 84 valence electrons. The molecule has 0 spiro atoms. The molecular weight excluding hydrogens is 256 g/mol. The Kier molecular flexibility index (Phi) is 5.73. The summed E-state index contributed by atoms with van der Waals surface area (Å²) in [6.07, 6.45) is 1.34. The number of halogens is 1. The highest BCUT2D eigenvalue weighted by Gasteiger charge is 2.01. The Morgan fingerprint density at radius 2 is 1.93 bits per heavy atom. The molecule has 0 saturated heterocycles. The van der Waals surface area contributed by atoms with Crippen molar-refractivity contribution in [2.75, 3.05) is 12.4 Å². The molecular formula is C12H17BrO2. The van der Waals surface area contributed by atoms with E-state index in [1.165, 1.54) is 5.56 Å². The van der Waals surface area contributed by atoms with Crippen molar-refractivity contribution in [3.63, 3.8) is 0 Å². The fourth-order valence-corrected chi connectivity index (χ4v) is 1.84. The van der Waals surface area contributed by atoms with Gasteiger partial charge in [-0.2, -0.15) is 0 Å². The molecule has 1 aromatic rings. The average Bonchev–Trinajstić information content (AvgIpc) is 2.27. The lowest BCUT2D eigenvalue weighted by atomic mass is 10.2. The van der Waals surface area contributed by atoms with Gasteiger partial charge in [0.05, 0.1) is 19.8 Å². The van der Waals surface area contributed by atoms with E-state index in [2.05, 4.69) is 22.9 Å². The molecule has 0 aliphatic rings. The Morgan fingerprint density at radius 1 is 1.27 bits per heavy atom. The van der Waals surface area contributed by atoms with Gasteiger partial charge < -0.3 is 9.47 Å². The van der Waals surface area contributed by atoms with Crippen LogP contribution in [0.1, 0.15) is 18.9 Å². The van der Waals surface area contributed by atoms with Crippen LogP contribution in [0.5, 0.6) is 5.75 Å². The zero-order valence-corrected chi connectivity index (χ0v) is 10.8. The molecule has 0 heterocycles. The maximum Gasteiger partial charge on any atom is 0.118 e. The topological polar surface area (TPSA) is 18.5 Å². The van der Waals surface area contributed by atoms with Crippen LogP contribution in [0.15, 0.2) is 24.3 Å². The van der Waals surface area contributed by atoms with Gasteiger partial charge >= 0.3 is 0 Å². The van der Waals surface area contributed by atoms with Crippen LogP contribution >= 0.6 is 15.9 Å². The summed E-state index contributed by atoms with van der Waals surface area (Å²) in [5, 5.41) is 0.983. The van der Waals surface area contributed by atoms with Crippen LogP contribution in [0.3, 0.4) is 0 Å². The summed E-state index contributed by atoms with van der Waals surface area (Å²) in [7, 11) is 1.67. The van der Waals surface area contributed by atoms with Gasteiger partial charge in [-0.25, -0.2) is 0 Å². The molecule has 0 saturated carbocycles. The van der Waals surface area contributed by atoms with E-state index in [4.69, 9.17) is 9.47 Å². The van der Waals surface area contributed by atoms with Gasteiger partial charge in [-0.1, -0.05) is 28.1 Å². The van der Waals surface area contributed by atoms with Crippen molar-refractivity contribution in [1.82, 2.24) is 0 Å². The van der Waals surface area contributed by atoms with Gasteiger partial charge in [-0.05, 0) is 31.0 Å². The normalized spacial score (nSPS) is 12.5. The van der Waals surface area contributed by atoms with Gasteiger partial charge in [0.2, 0.25) is 0 Å². The molecule has 3 heteroatoms. The minimum absolute atomic E-state index is 0.298. The first-order valence-electron chi connectivity index (χ1n) is 5.06. The highest BCUT2D eigenvalue weighted by Crippen LogP contribution is 2.13. The zero-order valence-electron chi connectivity index (χ0n) is 9.20. The Labute approximate surface area is 99.7 Å². The Bertz CT molecular complexity index is 271. The molecule has 0 aliphatic heterocycles. The molecule has 15 heavy (non-hydrogen) atoms. The number of alkyl halides is 1. The van der Waals surface area contributed by atoms with Crippen molar-refractivity contribution >= 4 is 15.9 Å². The standard InChI is InChI=1S/C12H17BrO2/c1-10(7-8-13)15-9-11-3-5-12(14-2)6-4-11/h3-6,10H,7-9H2,1-2H3. The summed E-state index contributed by atoms with van der Waals surface area (Å²) < 4.78 is 10.8. The third-order valence-electron chi connectivity index (χ3n) is 2.21. The van der Waals surface area contributed by atoms with Crippen molar-refractivity contribution in [2.45, 2.75) is 26.1 Å². The van der Waals surface area contributed by atoms with Crippen LogP contribution in [0.4, 0.5) is 0 Å². The SMILES string of the molecule is COc1ccc(COC(C)CCBr)cc1. The predicted octanol–water partition coefficient (Wildman–Crippen LogP) is 3.39. The first-order valence-corrected chi connectivity index (χ1v) is 6.19. The second kappa shape index (κ2) is 6.85. The van der Waals surface area contributed by atoms with E-state index in [0.29, 0.717) is 12.7 Å². The van der Waals surface area contributed by atoms with Gasteiger partial charge in [0.25, 0.3) is 0 Å². The summed E-state index contributed by atoms with van der Waals surface area (Å²) in [6.45, 7) is 2.75. The predicted molar refractivity (Wildman–Crippen MR) is 65.7 cm³/mol. The van der Waals surface area contributed by atoms with Crippen molar-refractivity contribution < 1.29 is 9.47 Å². The number of hydrogen-bond acceptors (Lipinski definition) is 2. The van der Waals surface area contributed by atoms with Crippen molar-refractivity contribution in [2.24, 2.45) is 0 Å². The number of rotatable bonds is 6. The summed E-state index contributed by atoms with van der Waals surface area (Å²) >= 11 is 3.40. The first kappa shape index (κ1) is 12.5. The Hall–Kier alpha value is -0.540. The Balaban J connectivity index is 2.37. The van der Waals surface area contributed by atoms with Crippen LogP contribution < -0.4 is 4.74 Å². The fraction of sp³-hybridized carbons (Fsp3) is 0.500. The van der Waals surface area contributed by atoms with E-state index in [9.17, 15) is 0 Å². The molecule has 0 bridgehead atoms. The quantitative estimate of drug-likeness (QED) is 0.740. The Morgan fingerprint density at radius 3 is 2.47 bits per heavy atom. The summed E-state index contributed by atoms with van der Waals surface area (Å²) in [5.41, 5.74) is 1.18. The van der Waals surface area contributed by atoms with E-state index in [1.54, 1.807) is 7.11 Å². The van der Waals surface area contributed by atoms with Crippen molar-refractivity contribution in [1.29, 1.82) is 0 Å². The van der Waals surface area contributed by atoms with E-state index in [-0.39, 0.29) is 0 Å². The van der Waals surface area contributed by atoms with E-state index in [0.717, 1.165) is 17.5 Å². The molecule has 2 nitrogen and oxygen atoms in total. The second-order valence-corrected chi connectivity index (χ2v) is 4.24. The lowest BCUT2D eigenvalue weighted by molar-refractivity contribution is 0.0518. The second-order valence-electron chi connectivity index (χ2n) is 3.45. The monoisotopic (exact) mass is 272 g/mol. The molecule has 0 fully saturated rings. The van der Waals surface area contributed by atoms with Gasteiger partial charge in [0.15, 0.2) is 0 Å². The van der Waals surface area contributed by atoms with Gasteiger partial charge in [-0.3, -0.25) is 0 Å². The maximum absolute atomic E-state index is 5.67. The third-order valence-corrected chi connectivity index (χ3v) is 2.67. The third kappa shape index (κ3) is 4.67. The van der Waals surface area contributed by atoms with Crippen LogP contribution in [-0.4, -0.2) is 18.5 Å². The summed E-state index contributed by atoms with van der Waals surface area (Å²) in [5.74, 6) is 0.882. The highest BCUT2D eigenvalue weighted by molar-refractivity contribution is 9.09. The molecule has 0 radical (unpaired) electrons. The lowest BCUT2D eigenvalue weighted by Gasteiger charge is -2.11. The van der Waals surface area contributed by atoms with Crippen LogP contribution in [0.25, 0.3) is 0 Å². The fourth-order valence-electron chi connectivity index (χ4n) is 1.20. The molecule has 1 unspecified atom stereocenters. The van der Waals surface area contributed by atoms with Crippen molar-refractivity contribution in [3.8, 4) is 5.75 Å². The number of ether oxygens (including phenoxy) is 2. The lowest BCUT2D eigenvalue weighted by Crippen LogP contribution is -2.08. The van der Waals surface area contributed by atoms with Crippen molar-refractivity contribution in [3.05, 3.63) is 29.8 Å². The molecule has 0 aliphatic carbocycles. The smallest absolute Gasteiger partial charge is 0.118 e. The molecule has 0 amide bonds. The average molecular weight is 273 g/mol. The minimum atomic E-state index is 0.298. The summed E-state index contributed by atoms with van der Waals surface area (Å²) in [6, 6.07) is 7.96. The van der Waals surface area contributed by atoms with Gasteiger partial charge in [-0.15, -0.1) is 0 Å². The van der Waals surface area contributed by atoms with Crippen LogP contribution in [0, 0.1) is 0 Å². The molecule has 0 N–H and O–H groups in total. The largest absolute Gasteiger partial charge is 0.497 e. The summed E-state index contributed by atoms with van der Waals surface area (Å²) in [4.78, 5) is 0. The molecule has 1 aromatic carbocycles. The highest BCUT2D eigenvalue weighted by atomic mass is 79.9. The number of hydrogen-bond donors (Lipinski definition) is 0. The van der Waals surface area contributed by atoms with E-state index < -0.39 is 0 Å². The molecule has 0 aromatic heterocycles. The minimum Gasteiger partial charge on any atom is -0.497 e. The van der Waals surface area contributed by atoms with E-state index >= 15 is 0 Å². The van der Waals surface area contributed by atoms with Gasteiger partial charge in [0, 0.05) is 5.33 Å². The van der Waals surface area contributed by atoms with Gasteiger partial charge in [0.1, 0.15) is 5.75 Å². The first-order chi connectivity index (χ1) is 7.26. The number of methoxy groups -OCH3 is 1. The van der Waals surface area contributed by atoms with E-state index in [1.807, 2.05) is 24.3 Å². The zero-order chi connectivity index (χ0) is 11.1. The molecule has 1 rings (SSSR count). The maximum atomic E-state index is 5.67.